The molecule has 20 heavy (non-hydrogen) atoms. The van der Waals surface area contributed by atoms with Gasteiger partial charge in [-0.25, -0.2) is 15.8 Å². The fraction of sp³-hybridized carbons (Fsp3) is 0.714. The van der Waals surface area contributed by atoms with Gasteiger partial charge in [0.2, 0.25) is 0 Å². The smallest absolute Gasteiger partial charge is 0.148 e. The average molecular weight is 279 g/mol. The van der Waals surface area contributed by atoms with Gasteiger partial charge in [0.15, 0.2) is 0 Å². The van der Waals surface area contributed by atoms with Crippen molar-refractivity contribution in [2.45, 2.75) is 45.1 Å². The van der Waals surface area contributed by atoms with Crippen molar-refractivity contribution in [3.63, 3.8) is 0 Å². The van der Waals surface area contributed by atoms with Crippen LogP contribution in [0.2, 0.25) is 0 Å². The molecule has 0 aliphatic carbocycles. The highest BCUT2D eigenvalue weighted by Crippen LogP contribution is 2.34. The van der Waals surface area contributed by atoms with Gasteiger partial charge in [0.05, 0.1) is 5.60 Å². The molecule has 6 heteroatoms. The molecular weight excluding hydrogens is 254 g/mol. The van der Waals surface area contributed by atoms with E-state index in [1.165, 1.54) is 0 Å². The number of hydrogen-bond acceptors (Lipinski definition) is 6. The third-order valence-electron chi connectivity index (χ3n) is 4.03. The third-order valence-corrected chi connectivity index (χ3v) is 4.03. The number of rotatable bonds is 4. The summed E-state index contributed by atoms with van der Waals surface area (Å²) in [5, 5.41) is 0. The zero-order valence-corrected chi connectivity index (χ0v) is 12.8. The molecule has 1 aromatic rings. The lowest BCUT2D eigenvalue weighted by atomic mass is 9.93. The Hall–Kier alpha value is -1.40. The molecule has 1 fully saturated rings. The highest BCUT2D eigenvalue weighted by molar-refractivity contribution is 5.60. The molecule has 112 valence electrons. The van der Waals surface area contributed by atoms with Crippen LogP contribution in [-0.4, -0.2) is 35.8 Å². The molecule has 6 nitrogen and oxygen atoms in total. The Morgan fingerprint density at radius 3 is 2.80 bits per heavy atom. The maximum Gasteiger partial charge on any atom is 0.148 e. The zero-order valence-electron chi connectivity index (χ0n) is 12.8. The number of hydrogen-bond donors (Lipinski definition) is 2. The molecule has 1 saturated heterocycles. The lowest BCUT2D eigenvalue weighted by Gasteiger charge is -2.41. The maximum atomic E-state index is 5.66. The van der Waals surface area contributed by atoms with Gasteiger partial charge in [-0.2, -0.15) is 0 Å². The summed E-state index contributed by atoms with van der Waals surface area (Å²) in [6, 6.07) is 0. The topological polar surface area (TPSA) is 76.3 Å². The van der Waals surface area contributed by atoms with Crippen LogP contribution in [0.25, 0.3) is 0 Å². The van der Waals surface area contributed by atoms with Crippen LogP contribution in [0.4, 0.5) is 11.6 Å². The molecule has 1 aliphatic heterocycles. The van der Waals surface area contributed by atoms with Crippen molar-refractivity contribution < 1.29 is 4.74 Å². The molecule has 0 bridgehead atoms. The standard InChI is InChI=1S/C14H25N5O/c1-10(2)11-12(18-15)16-9-17-13(11)19-7-5-6-14(3,8-19)20-4/h9-10H,5-8,15H2,1-4H3,(H,16,17,18). The van der Waals surface area contributed by atoms with Crippen LogP contribution in [0.1, 0.15) is 45.1 Å². The highest BCUT2D eigenvalue weighted by atomic mass is 16.5. The molecule has 2 rings (SSSR count). The minimum absolute atomic E-state index is 0.117. The summed E-state index contributed by atoms with van der Waals surface area (Å²) >= 11 is 0. The molecule has 0 spiro atoms. The first kappa shape index (κ1) is 15.0. The van der Waals surface area contributed by atoms with Crippen LogP contribution in [0, 0.1) is 0 Å². The van der Waals surface area contributed by atoms with Crippen LogP contribution in [0.15, 0.2) is 6.33 Å². The molecule has 2 heterocycles. The summed E-state index contributed by atoms with van der Waals surface area (Å²) in [6.45, 7) is 8.23. The molecule has 1 aliphatic rings. The summed E-state index contributed by atoms with van der Waals surface area (Å²) in [7, 11) is 1.78. The average Bonchev–Trinajstić information content (AvgIpc) is 2.46. The summed E-state index contributed by atoms with van der Waals surface area (Å²) in [5.74, 6) is 7.55. The van der Waals surface area contributed by atoms with Gasteiger partial charge in [-0.3, -0.25) is 0 Å². The minimum atomic E-state index is -0.117. The van der Waals surface area contributed by atoms with E-state index in [4.69, 9.17) is 10.6 Å². The molecule has 0 radical (unpaired) electrons. The van der Waals surface area contributed by atoms with Gasteiger partial charge in [-0.15, -0.1) is 0 Å². The van der Waals surface area contributed by atoms with Gasteiger partial charge in [0.1, 0.15) is 18.0 Å². The van der Waals surface area contributed by atoms with Gasteiger partial charge in [-0.05, 0) is 25.7 Å². The quantitative estimate of drug-likeness (QED) is 0.647. The molecule has 0 aromatic carbocycles. The molecule has 1 unspecified atom stereocenters. The van der Waals surface area contributed by atoms with Crippen LogP contribution in [0.5, 0.6) is 0 Å². The Morgan fingerprint density at radius 2 is 2.20 bits per heavy atom. The number of aromatic nitrogens is 2. The lowest BCUT2D eigenvalue weighted by Crippen LogP contribution is -2.48. The lowest BCUT2D eigenvalue weighted by molar-refractivity contribution is -0.00485. The molecular formula is C14H25N5O. The number of nitrogen functional groups attached to an aromatic ring is 1. The number of hydrazine groups is 1. The number of ether oxygens (including phenoxy) is 1. The Morgan fingerprint density at radius 1 is 1.45 bits per heavy atom. The number of nitrogens with zero attached hydrogens (tertiary/aromatic N) is 3. The second-order valence-corrected chi connectivity index (χ2v) is 5.94. The number of nitrogens with two attached hydrogens (primary N) is 1. The van der Waals surface area contributed by atoms with Gasteiger partial charge in [0.25, 0.3) is 0 Å². The van der Waals surface area contributed by atoms with Crippen molar-refractivity contribution in [3.05, 3.63) is 11.9 Å². The first-order valence-corrected chi connectivity index (χ1v) is 7.12. The fourth-order valence-corrected chi connectivity index (χ4v) is 2.84. The van der Waals surface area contributed by atoms with Crippen molar-refractivity contribution >= 4 is 11.6 Å². The van der Waals surface area contributed by atoms with E-state index in [-0.39, 0.29) is 5.60 Å². The molecule has 0 saturated carbocycles. The second kappa shape index (κ2) is 5.93. The minimum Gasteiger partial charge on any atom is -0.377 e. The maximum absolute atomic E-state index is 5.66. The second-order valence-electron chi connectivity index (χ2n) is 5.94. The van der Waals surface area contributed by atoms with Crippen LogP contribution in [0.3, 0.4) is 0 Å². The zero-order chi connectivity index (χ0) is 14.8. The molecule has 1 atom stereocenters. The van der Waals surface area contributed by atoms with Crippen molar-refractivity contribution in [2.24, 2.45) is 5.84 Å². The van der Waals surface area contributed by atoms with Gasteiger partial charge in [0, 0.05) is 25.8 Å². The van der Waals surface area contributed by atoms with E-state index in [0.717, 1.165) is 37.3 Å². The number of piperidine rings is 1. The first-order chi connectivity index (χ1) is 9.50. The van der Waals surface area contributed by atoms with Gasteiger partial charge >= 0.3 is 0 Å². The van der Waals surface area contributed by atoms with E-state index in [1.807, 2.05) is 0 Å². The summed E-state index contributed by atoms with van der Waals surface area (Å²) < 4.78 is 5.66. The number of anilines is 2. The van der Waals surface area contributed by atoms with Crippen LogP contribution >= 0.6 is 0 Å². The normalized spacial score (nSPS) is 23.2. The van der Waals surface area contributed by atoms with Crippen molar-refractivity contribution in [3.8, 4) is 0 Å². The van der Waals surface area contributed by atoms with E-state index < -0.39 is 0 Å². The van der Waals surface area contributed by atoms with Gasteiger partial charge in [-0.1, -0.05) is 13.8 Å². The predicted octanol–water partition coefficient (Wildman–Crippen LogP) is 1.89. The van der Waals surface area contributed by atoms with E-state index in [1.54, 1.807) is 13.4 Å². The predicted molar refractivity (Wildman–Crippen MR) is 80.8 cm³/mol. The van der Waals surface area contributed by atoms with E-state index in [0.29, 0.717) is 11.7 Å². The highest BCUT2D eigenvalue weighted by Gasteiger charge is 2.33. The van der Waals surface area contributed by atoms with E-state index in [9.17, 15) is 0 Å². The number of nitrogens with one attached hydrogen (secondary N) is 1. The summed E-state index contributed by atoms with van der Waals surface area (Å²) in [4.78, 5) is 11.0. The molecule has 1 aromatic heterocycles. The Kier molecular flexibility index (Phi) is 4.45. The number of methoxy groups -OCH3 is 1. The Bertz CT molecular complexity index is 465. The molecule has 0 amide bonds. The molecule has 3 N–H and O–H groups in total. The van der Waals surface area contributed by atoms with Crippen LogP contribution < -0.4 is 16.2 Å². The SMILES string of the molecule is COC1(C)CCCN(c2ncnc(NN)c2C(C)C)C1. The monoisotopic (exact) mass is 279 g/mol. The van der Waals surface area contributed by atoms with Crippen LogP contribution in [-0.2, 0) is 4.74 Å². The van der Waals surface area contributed by atoms with E-state index >= 15 is 0 Å². The van der Waals surface area contributed by atoms with Crippen molar-refractivity contribution in [2.75, 3.05) is 30.5 Å². The Balaban J connectivity index is 2.37. The van der Waals surface area contributed by atoms with Crippen molar-refractivity contribution in [1.82, 2.24) is 9.97 Å². The van der Waals surface area contributed by atoms with Crippen molar-refractivity contribution in [1.29, 1.82) is 0 Å². The first-order valence-electron chi connectivity index (χ1n) is 7.12. The summed E-state index contributed by atoms with van der Waals surface area (Å²) in [6.07, 6.45) is 3.73. The van der Waals surface area contributed by atoms with Gasteiger partial charge < -0.3 is 15.1 Å². The largest absolute Gasteiger partial charge is 0.377 e. The third kappa shape index (κ3) is 2.86. The fourth-order valence-electron chi connectivity index (χ4n) is 2.84. The summed E-state index contributed by atoms with van der Waals surface area (Å²) in [5.41, 5.74) is 3.63. The Labute approximate surface area is 120 Å². The van der Waals surface area contributed by atoms with E-state index in [2.05, 4.69) is 41.1 Å².